The number of hydrogen-bond donors (Lipinski definition) is 1. The SMILES string of the molecule is Cc1nc(NC(=O)c2ccc(S(=O)(=O)N3C[C@H](C)O[C@@H](C)C3)cc2)sc1C. The highest BCUT2D eigenvalue weighted by Gasteiger charge is 2.32. The van der Waals surface area contributed by atoms with Gasteiger partial charge in [-0.2, -0.15) is 4.31 Å². The second-order valence-electron chi connectivity index (χ2n) is 6.72. The molecule has 1 aliphatic rings. The zero-order valence-corrected chi connectivity index (χ0v) is 17.4. The Morgan fingerprint density at radius 2 is 1.78 bits per heavy atom. The number of benzene rings is 1. The number of nitrogens with zero attached hydrogens (tertiary/aromatic N) is 2. The molecule has 1 aromatic heterocycles. The lowest BCUT2D eigenvalue weighted by Crippen LogP contribution is -2.48. The van der Waals surface area contributed by atoms with Gasteiger partial charge in [-0.25, -0.2) is 13.4 Å². The molecular formula is C18H23N3O4S2. The first-order valence-electron chi connectivity index (χ1n) is 8.68. The Labute approximate surface area is 163 Å². The summed E-state index contributed by atoms with van der Waals surface area (Å²) in [4.78, 5) is 17.9. The maximum absolute atomic E-state index is 12.9. The van der Waals surface area contributed by atoms with Gasteiger partial charge in [-0.05, 0) is 52.0 Å². The lowest BCUT2D eigenvalue weighted by Gasteiger charge is -2.34. The molecule has 0 radical (unpaired) electrons. The van der Waals surface area contributed by atoms with Crippen LogP contribution < -0.4 is 5.32 Å². The third-order valence-corrected chi connectivity index (χ3v) is 7.22. The number of anilines is 1. The van der Waals surface area contributed by atoms with E-state index in [4.69, 9.17) is 4.74 Å². The number of thiazole rings is 1. The Bertz CT molecular complexity index is 909. The van der Waals surface area contributed by atoms with Crippen molar-refractivity contribution >= 4 is 32.4 Å². The van der Waals surface area contributed by atoms with Crippen molar-refractivity contribution in [1.29, 1.82) is 0 Å². The van der Waals surface area contributed by atoms with Gasteiger partial charge in [-0.1, -0.05) is 0 Å². The number of aryl methyl sites for hydroxylation is 2. The number of aromatic nitrogens is 1. The monoisotopic (exact) mass is 409 g/mol. The van der Waals surface area contributed by atoms with E-state index in [1.54, 1.807) is 0 Å². The number of sulfonamides is 1. The first-order valence-corrected chi connectivity index (χ1v) is 10.9. The fourth-order valence-electron chi connectivity index (χ4n) is 2.95. The van der Waals surface area contributed by atoms with Crippen LogP contribution in [0.1, 0.15) is 34.8 Å². The van der Waals surface area contributed by atoms with Crippen molar-refractivity contribution in [2.24, 2.45) is 0 Å². The number of ether oxygens (including phenoxy) is 1. The van der Waals surface area contributed by atoms with E-state index in [9.17, 15) is 13.2 Å². The Hall–Kier alpha value is -1.81. The maximum atomic E-state index is 12.9. The largest absolute Gasteiger partial charge is 0.373 e. The van der Waals surface area contributed by atoms with Crippen LogP contribution in [0, 0.1) is 13.8 Å². The lowest BCUT2D eigenvalue weighted by atomic mass is 10.2. The number of hydrogen-bond acceptors (Lipinski definition) is 6. The molecule has 2 atom stereocenters. The van der Waals surface area contributed by atoms with Crippen LogP contribution in [0.3, 0.4) is 0 Å². The third kappa shape index (κ3) is 4.37. The average Bonchev–Trinajstić information content (AvgIpc) is 2.91. The molecule has 1 N–H and O–H groups in total. The van der Waals surface area contributed by atoms with E-state index in [2.05, 4.69) is 10.3 Å². The number of morpholine rings is 1. The molecule has 1 amide bonds. The summed E-state index contributed by atoms with van der Waals surface area (Å²) >= 11 is 1.41. The van der Waals surface area contributed by atoms with Crippen LogP contribution in [0.2, 0.25) is 0 Å². The van der Waals surface area contributed by atoms with Gasteiger partial charge in [0, 0.05) is 23.5 Å². The topological polar surface area (TPSA) is 88.6 Å². The molecule has 146 valence electrons. The van der Waals surface area contributed by atoms with Crippen molar-refractivity contribution in [2.45, 2.75) is 44.8 Å². The summed E-state index contributed by atoms with van der Waals surface area (Å²) in [6, 6.07) is 5.96. The van der Waals surface area contributed by atoms with Crippen LogP contribution >= 0.6 is 11.3 Å². The third-order valence-electron chi connectivity index (χ3n) is 4.39. The molecule has 1 saturated heterocycles. The molecule has 2 heterocycles. The highest BCUT2D eigenvalue weighted by Crippen LogP contribution is 2.23. The zero-order valence-electron chi connectivity index (χ0n) is 15.7. The van der Waals surface area contributed by atoms with Gasteiger partial charge in [0.15, 0.2) is 5.13 Å². The minimum absolute atomic E-state index is 0.154. The summed E-state index contributed by atoms with van der Waals surface area (Å²) < 4.78 is 32.7. The Kier molecular flexibility index (Phi) is 5.66. The van der Waals surface area contributed by atoms with Gasteiger partial charge in [0.05, 0.1) is 22.8 Å². The molecule has 1 fully saturated rings. The van der Waals surface area contributed by atoms with Crippen LogP contribution in [0.25, 0.3) is 0 Å². The molecule has 0 saturated carbocycles. The second kappa shape index (κ2) is 7.67. The summed E-state index contributed by atoms with van der Waals surface area (Å²) in [5.74, 6) is -0.318. The molecular weight excluding hydrogens is 386 g/mol. The first-order chi connectivity index (χ1) is 12.7. The molecule has 9 heteroatoms. The van der Waals surface area contributed by atoms with Gasteiger partial charge < -0.3 is 4.74 Å². The van der Waals surface area contributed by atoms with Crippen molar-refractivity contribution < 1.29 is 17.9 Å². The molecule has 0 unspecified atom stereocenters. The van der Waals surface area contributed by atoms with Gasteiger partial charge in [0.2, 0.25) is 10.0 Å². The number of nitrogens with one attached hydrogen (secondary N) is 1. The van der Waals surface area contributed by atoms with Gasteiger partial charge >= 0.3 is 0 Å². The minimum Gasteiger partial charge on any atom is -0.373 e. The zero-order chi connectivity index (χ0) is 19.8. The van der Waals surface area contributed by atoms with E-state index in [1.807, 2.05) is 27.7 Å². The molecule has 3 rings (SSSR count). The van der Waals surface area contributed by atoms with Gasteiger partial charge in [-0.3, -0.25) is 10.1 Å². The minimum atomic E-state index is -3.62. The Morgan fingerprint density at radius 3 is 2.30 bits per heavy atom. The average molecular weight is 410 g/mol. The summed E-state index contributed by atoms with van der Waals surface area (Å²) in [5, 5.41) is 3.28. The van der Waals surface area contributed by atoms with E-state index in [0.29, 0.717) is 23.8 Å². The molecule has 1 aliphatic heterocycles. The van der Waals surface area contributed by atoms with Gasteiger partial charge in [-0.15, -0.1) is 11.3 Å². The van der Waals surface area contributed by atoms with Gasteiger partial charge in [0.25, 0.3) is 5.91 Å². The van der Waals surface area contributed by atoms with E-state index in [-0.39, 0.29) is 23.0 Å². The molecule has 0 spiro atoms. The predicted octanol–water partition coefficient (Wildman–Crippen LogP) is 2.81. The predicted molar refractivity (Wildman–Crippen MR) is 105 cm³/mol. The fourth-order valence-corrected chi connectivity index (χ4v) is 5.35. The number of carbonyl (C=O) groups excluding carboxylic acids is 1. The molecule has 0 aliphatic carbocycles. The summed E-state index contributed by atoms with van der Waals surface area (Å²) in [6.07, 6.45) is -0.308. The van der Waals surface area contributed by atoms with E-state index < -0.39 is 10.0 Å². The number of carbonyl (C=O) groups is 1. The van der Waals surface area contributed by atoms with E-state index >= 15 is 0 Å². The lowest BCUT2D eigenvalue weighted by molar-refractivity contribution is -0.0440. The van der Waals surface area contributed by atoms with Crippen molar-refractivity contribution in [2.75, 3.05) is 18.4 Å². The highest BCUT2D eigenvalue weighted by atomic mass is 32.2. The van der Waals surface area contributed by atoms with Crippen LogP contribution in [-0.4, -0.2) is 48.9 Å². The van der Waals surface area contributed by atoms with Crippen LogP contribution in [-0.2, 0) is 14.8 Å². The van der Waals surface area contributed by atoms with E-state index in [0.717, 1.165) is 10.6 Å². The fraction of sp³-hybridized carbons (Fsp3) is 0.444. The first kappa shape index (κ1) is 19.9. The molecule has 1 aromatic carbocycles. The highest BCUT2D eigenvalue weighted by molar-refractivity contribution is 7.89. The van der Waals surface area contributed by atoms with Crippen molar-refractivity contribution in [3.05, 3.63) is 40.4 Å². The maximum Gasteiger partial charge on any atom is 0.257 e. The van der Waals surface area contributed by atoms with Crippen LogP contribution in [0.4, 0.5) is 5.13 Å². The summed E-state index contributed by atoms with van der Waals surface area (Å²) in [6.45, 7) is 8.17. The second-order valence-corrected chi connectivity index (χ2v) is 9.86. The smallest absolute Gasteiger partial charge is 0.257 e. The van der Waals surface area contributed by atoms with Crippen molar-refractivity contribution in [3.63, 3.8) is 0 Å². The summed E-state index contributed by atoms with van der Waals surface area (Å²) in [5.41, 5.74) is 1.26. The standard InChI is InChI=1S/C18H23N3O4S2/c1-11-9-21(10-12(2)25-11)27(23,24)16-7-5-15(6-8-16)17(22)20-18-19-13(3)14(4)26-18/h5-8,11-12H,9-10H2,1-4H3,(H,19,20,22)/t11-,12-/m0/s1. The molecule has 0 bridgehead atoms. The molecule has 7 nitrogen and oxygen atoms in total. The van der Waals surface area contributed by atoms with Crippen LogP contribution in [0.15, 0.2) is 29.2 Å². The van der Waals surface area contributed by atoms with Crippen molar-refractivity contribution in [3.8, 4) is 0 Å². The number of rotatable bonds is 4. The van der Waals surface area contributed by atoms with Crippen LogP contribution in [0.5, 0.6) is 0 Å². The van der Waals surface area contributed by atoms with E-state index in [1.165, 1.54) is 39.9 Å². The molecule has 27 heavy (non-hydrogen) atoms. The normalized spacial score (nSPS) is 21.2. The number of amides is 1. The Balaban J connectivity index is 1.75. The summed E-state index contributed by atoms with van der Waals surface area (Å²) in [7, 11) is -3.62. The quantitative estimate of drug-likeness (QED) is 0.839. The van der Waals surface area contributed by atoms with Crippen molar-refractivity contribution in [1.82, 2.24) is 9.29 Å². The van der Waals surface area contributed by atoms with Gasteiger partial charge in [0.1, 0.15) is 0 Å². The Morgan fingerprint density at radius 1 is 1.19 bits per heavy atom. The molecule has 2 aromatic rings.